The number of hydrogen-bond donors (Lipinski definition) is 1. The predicted octanol–water partition coefficient (Wildman–Crippen LogP) is 2.71. The lowest BCUT2D eigenvalue weighted by molar-refractivity contribution is 0.161. The molecule has 0 saturated heterocycles. The SMILES string of the molecule is CC1(C)C2C/C(=N\O)C1(C)C(n1ccnc1)C2. The molecule has 0 spiro atoms. The van der Waals surface area contributed by atoms with Gasteiger partial charge in [0.1, 0.15) is 0 Å². The Hall–Kier alpha value is -1.32. The quantitative estimate of drug-likeness (QED) is 0.599. The first-order valence-electron chi connectivity index (χ1n) is 6.20. The van der Waals surface area contributed by atoms with Gasteiger partial charge in [-0.05, 0) is 24.2 Å². The van der Waals surface area contributed by atoms with Crippen molar-refractivity contribution in [2.45, 2.75) is 39.7 Å². The number of rotatable bonds is 1. The summed E-state index contributed by atoms with van der Waals surface area (Å²) in [7, 11) is 0. The Morgan fingerprint density at radius 3 is 2.76 bits per heavy atom. The molecule has 1 aromatic heterocycles. The van der Waals surface area contributed by atoms with Crippen molar-refractivity contribution in [1.29, 1.82) is 0 Å². The summed E-state index contributed by atoms with van der Waals surface area (Å²) in [4.78, 5) is 4.14. The van der Waals surface area contributed by atoms with Crippen LogP contribution in [-0.2, 0) is 0 Å². The Morgan fingerprint density at radius 1 is 1.47 bits per heavy atom. The molecule has 2 aliphatic carbocycles. The molecule has 0 radical (unpaired) electrons. The zero-order chi connectivity index (χ0) is 12.3. The van der Waals surface area contributed by atoms with Gasteiger partial charge in [0.05, 0.1) is 12.0 Å². The second-order valence-corrected chi connectivity index (χ2v) is 6.13. The zero-order valence-electron chi connectivity index (χ0n) is 10.6. The minimum atomic E-state index is -0.0624. The summed E-state index contributed by atoms with van der Waals surface area (Å²) in [6, 6.07) is 0.365. The molecule has 2 saturated carbocycles. The van der Waals surface area contributed by atoms with Gasteiger partial charge in [-0.15, -0.1) is 0 Å². The van der Waals surface area contributed by atoms with Crippen LogP contribution in [0.4, 0.5) is 0 Å². The molecule has 17 heavy (non-hydrogen) atoms. The van der Waals surface area contributed by atoms with E-state index in [1.54, 1.807) is 0 Å². The van der Waals surface area contributed by atoms with Crippen molar-refractivity contribution < 1.29 is 5.21 Å². The van der Waals surface area contributed by atoms with Gasteiger partial charge in [-0.25, -0.2) is 4.98 Å². The molecule has 3 rings (SSSR count). The van der Waals surface area contributed by atoms with Crippen molar-refractivity contribution in [3.8, 4) is 0 Å². The molecule has 3 unspecified atom stereocenters. The first-order valence-corrected chi connectivity index (χ1v) is 6.20. The molecule has 2 bridgehead atoms. The minimum Gasteiger partial charge on any atom is -0.411 e. The molecule has 2 fully saturated rings. The van der Waals surface area contributed by atoms with Crippen LogP contribution in [0.3, 0.4) is 0 Å². The Bertz CT molecular complexity index is 463. The fourth-order valence-corrected chi connectivity index (χ4v) is 4.02. The topological polar surface area (TPSA) is 50.4 Å². The summed E-state index contributed by atoms with van der Waals surface area (Å²) in [6.45, 7) is 6.83. The van der Waals surface area contributed by atoms with E-state index in [1.165, 1.54) is 0 Å². The molecular weight excluding hydrogens is 214 g/mol. The summed E-state index contributed by atoms with van der Waals surface area (Å²) >= 11 is 0. The van der Waals surface area contributed by atoms with Crippen molar-refractivity contribution >= 4 is 5.71 Å². The third-order valence-electron chi connectivity index (χ3n) is 5.58. The van der Waals surface area contributed by atoms with E-state index >= 15 is 0 Å². The van der Waals surface area contributed by atoms with Crippen molar-refractivity contribution in [3.05, 3.63) is 18.7 Å². The lowest BCUT2D eigenvalue weighted by Gasteiger charge is -2.39. The Labute approximate surface area is 101 Å². The first-order chi connectivity index (χ1) is 8.01. The summed E-state index contributed by atoms with van der Waals surface area (Å²) < 4.78 is 2.17. The summed E-state index contributed by atoms with van der Waals surface area (Å²) in [5.74, 6) is 0.603. The average molecular weight is 233 g/mol. The van der Waals surface area contributed by atoms with Crippen LogP contribution in [0.2, 0.25) is 0 Å². The zero-order valence-corrected chi connectivity index (χ0v) is 10.6. The van der Waals surface area contributed by atoms with Gasteiger partial charge in [0, 0.05) is 23.9 Å². The van der Waals surface area contributed by atoms with Crippen molar-refractivity contribution in [1.82, 2.24) is 9.55 Å². The van der Waals surface area contributed by atoms with E-state index in [-0.39, 0.29) is 10.8 Å². The van der Waals surface area contributed by atoms with Crippen LogP contribution in [0.5, 0.6) is 0 Å². The number of imidazole rings is 1. The van der Waals surface area contributed by atoms with E-state index in [2.05, 4.69) is 35.5 Å². The Kier molecular flexibility index (Phi) is 1.98. The van der Waals surface area contributed by atoms with Crippen LogP contribution >= 0.6 is 0 Å². The third-order valence-corrected chi connectivity index (χ3v) is 5.58. The normalized spacial score (nSPS) is 41.2. The van der Waals surface area contributed by atoms with E-state index < -0.39 is 0 Å². The summed E-state index contributed by atoms with van der Waals surface area (Å²) in [6.07, 6.45) is 7.80. The molecule has 0 aliphatic heterocycles. The van der Waals surface area contributed by atoms with Gasteiger partial charge in [0.2, 0.25) is 0 Å². The molecule has 0 amide bonds. The van der Waals surface area contributed by atoms with Crippen LogP contribution < -0.4 is 0 Å². The van der Waals surface area contributed by atoms with Gasteiger partial charge in [-0.2, -0.15) is 0 Å². The van der Waals surface area contributed by atoms with E-state index in [9.17, 15) is 5.21 Å². The minimum absolute atomic E-state index is 0.0624. The molecule has 4 nitrogen and oxygen atoms in total. The van der Waals surface area contributed by atoms with Crippen LogP contribution in [-0.4, -0.2) is 20.5 Å². The highest BCUT2D eigenvalue weighted by molar-refractivity contribution is 5.94. The van der Waals surface area contributed by atoms with Gasteiger partial charge in [-0.1, -0.05) is 25.9 Å². The smallest absolute Gasteiger partial charge is 0.0948 e. The summed E-state index contributed by atoms with van der Waals surface area (Å²) in [5, 5.41) is 12.8. The molecule has 4 heteroatoms. The van der Waals surface area contributed by atoms with Crippen LogP contribution in [0.15, 0.2) is 23.9 Å². The second-order valence-electron chi connectivity index (χ2n) is 6.13. The predicted molar refractivity (Wildman–Crippen MR) is 65.1 cm³/mol. The molecule has 3 atom stereocenters. The molecule has 1 aromatic rings. The highest BCUT2D eigenvalue weighted by atomic mass is 16.4. The third kappa shape index (κ3) is 1.08. The maximum atomic E-state index is 9.26. The lowest BCUT2D eigenvalue weighted by atomic mass is 9.68. The first kappa shape index (κ1) is 10.8. The van der Waals surface area contributed by atoms with Crippen LogP contribution in [0.1, 0.15) is 39.7 Å². The molecule has 0 aromatic carbocycles. The maximum Gasteiger partial charge on any atom is 0.0948 e. The van der Waals surface area contributed by atoms with Crippen LogP contribution in [0.25, 0.3) is 0 Å². The van der Waals surface area contributed by atoms with Gasteiger partial charge in [-0.3, -0.25) is 0 Å². The van der Waals surface area contributed by atoms with E-state index in [0.29, 0.717) is 12.0 Å². The van der Waals surface area contributed by atoms with Gasteiger partial charge in [0.15, 0.2) is 0 Å². The number of hydrogen-bond acceptors (Lipinski definition) is 3. The largest absolute Gasteiger partial charge is 0.411 e. The highest BCUT2D eigenvalue weighted by Crippen LogP contribution is 2.68. The van der Waals surface area contributed by atoms with Gasteiger partial charge >= 0.3 is 0 Å². The molecule has 1 N–H and O–H groups in total. The van der Waals surface area contributed by atoms with E-state index in [4.69, 9.17) is 0 Å². The van der Waals surface area contributed by atoms with Crippen molar-refractivity contribution in [3.63, 3.8) is 0 Å². The number of aromatic nitrogens is 2. The Balaban J connectivity index is 2.12. The lowest BCUT2D eigenvalue weighted by Crippen LogP contribution is -2.39. The van der Waals surface area contributed by atoms with Crippen molar-refractivity contribution in [2.24, 2.45) is 21.9 Å². The van der Waals surface area contributed by atoms with Crippen LogP contribution in [0, 0.1) is 16.7 Å². The number of fused-ring (bicyclic) bond motifs is 2. The monoisotopic (exact) mass is 233 g/mol. The maximum absolute atomic E-state index is 9.26. The average Bonchev–Trinajstić information content (AvgIpc) is 2.91. The number of oxime groups is 1. The van der Waals surface area contributed by atoms with Gasteiger partial charge < -0.3 is 9.77 Å². The van der Waals surface area contributed by atoms with Gasteiger partial charge in [0.25, 0.3) is 0 Å². The fourth-order valence-electron chi connectivity index (χ4n) is 4.02. The van der Waals surface area contributed by atoms with Crippen molar-refractivity contribution in [2.75, 3.05) is 0 Å². The highest BCUT2D eigenvalue weighted by Gasteiger charge is 2.65. The second kappa shape index (κ2) is 3.12. The fraction of sp³-hybridized carbons (Fsp3) is 0.692. The van der Waals surface area contributed by atoms with E-state index in [0.717, 1.165) is 18.6 Å². The Morgan fingerprint density at radius 2 is 2.24 bits per heavy atom. The molecule has 92 valence electrons. The standard InChI is InChI=1S/C13H19N3O/c1-12(2)9-6-10(15-17)13(12,3)11(7-9)16-5-4-14-8-16/h4-5,8-9,11,17H,6-7H2,1-3H3/b15-10+. The molecule has 2 aliphatic rings. The molecular formula is C13H19N3O. The van der Waals surface area contributed by atoms with E-state index in [1.807, 2.05) is 18.7 Å². The molecule has 1 heterocycles. The number of nitrogens with zero attached hydrogens (tertiary/aromatic N) is 3. The summed E-state index contributed by atoms with van der Waals surface area (Å²) in [5.41, 5.74) is 1.08.